The number of hydrogen-bond acceptors (Lipinski definition) is 3. The van der Waals surface area contributed by atoms with E-state index in [9.17, 15) is 4.79 Å². The molecule has 0 spiro atoms. The van der Waals surface area contributed by atoms with Gasteiger partial charge in [0.15, 0.2) is 6.29 Å². The number of benzene rings is 2. The quantitative estimate of drug-likeness (QED) is 0.675. The molecule has 0 aliphatic carbocycles. The summed E-state index contributed by atoms with van der Waals surface area (Å²) in [7, 11) is 0. The summed E-state index contributed by atoms with van der Waals surface area (Å²) in [6.45, 7) is 0.343. The van der Waals surface area contributed by atoms with Crippen LogP contribution >= 0.6 is 0 Å². The Hall–Kier alpha value is -2.68. The normalized spacial score (nSPS) is 10.4. The van der Waals surface area contributed by atoms with Crippen LogP contribution in [-0.4, -0.2) is 11.3 Å². The molecule has 0 unspecified atom stereocenters. The van der Waals surface area contributed by atoms with E-state index in [0.717, 1.165) is 22.8 Å². The van der Waals surface area contributed by atoms with Crippen LogP contribution in [0.4, 0.5) is 0 Å². The second kappa shape index (κ2) is 5.53. The van der Waals surface area contributed by atoms with E-state index >= 15 is 0 Å². The molecule has 98 valence electrons. The Morgan fingerprint density at radius 2 is 1.85 bits per heavy atom. The molecule has 3 heteroatoms. The summed E-state index contributed by atoms with van der Waals surface area (Å²) >= 11 is 0. The van der Waals surface area contributed by atoms with Gasteiger partial charge in [-0.25, -0.2) is 0 Å². The Morgan fingerprint density at radius 1 is 1.00 bits per heavy atom. The monoisotopic (exact) mass is 263 g/mol. The van der Waals surface area contributed by atoms with Crippen molar-refractivity contribution in [2.24, 2.45) is 0 Å². The number of carbonyl (C=O) groups is 1. The van der Waals surface area contributed by atoms with Crippen molar-refractivity contribution in [3.8, 4) is 5.75 Å². The van der Waals surface area contributed by atoms with Crippen LogP contribution < -0.4 is 4.74 Å². The van der Waals surface area contributed by atoms with Crippen LogP contribution in [0, 0.1) is 0 Å². The molecule has 0 fully saturated rings. The standard InChI is InChI=1S/C17H13NO2/c19-11-14-9-8-13-5-1-2-7-16(13)17(14)20-12-15-6-3-4-10-18-15/h1-11H,12H2. The van der Waals surface area contributed by atoms with Gasteiger partial charge < -0.3 is 4.74 Å². The van der Waals surface area contributed by atoms with E-state index in [1.165, 1.54) is 0 Å². The predicted molar refractivity (Wildman–Crippen MR) is 77.9 cm³/mol. The first-order valence-electron chi connectivity index (χ1n) is 6.38. The van der Waals surface area contributed by atoms with Crippen LogP contribution in [0.15, 0.2) is 60.8 Å². The maximum absolute atomic E-state index is 11.2. The number of nitrogens with zero attached hydrogens (tertiary/aromatic N) is 1. The summed E-state index contributed by atoms with van der Waals surface area (Å²) < 4.78 is 5.83. The zero-order chi connectivity index (χ0) is 13.8. The molecule has 0 bridgehead atoms. The van der Waals surface area contributed by atoms with Crippen molar-refractivity contribution >= 4 is 17.1 Å². The third-order valence-electron chi connectivity index (χ3n) is 3.13. The molecule has 20 heavy (non-hydrogen) atoms. The van der Waals surface area contributed by atoms with Gasteiger partial charge in [-0.05, 0) is 23.6 Å². The maximum Gasteiger partial charge on any atom is 0.153 e. The molecular weight excluding hydrogens is 250 g/mol. The second-order valence-electron chi connectivity index (χ2n) is 4.43. The van der Waals surface area contributed by atoms with Crippen molar-refractivity contribution in [1.29, 1.82) is 0 Å². The zero-order valence-electron chi connectivity index (χ0n) is 10.8. The van der Waals surface area contributed by atoms with E-state index in [4.69, 9.17) is 4.74 Å². The minimum absolute atomic E-state index is 0.343. The Kier molecular flexibility index (Phi) is 3.42. The summed E-state index contributed by atoms with van der Waals surface area (Å²) in [5.74, 6) is 0.615. The molecule has 2 aromatic carbocycles. The lowest BCUT2D eigenvalue weighted by atomic mass is 10.1. The van der Waals surface area contributed by atoms with Crippen molar-refractivity contribution in [3.63, 3.8) is 0 Å². The first-order valence-corrected chi connectivity index (χ1v) is 6.38. The zero-order valence-corrected chi connectivity index (χ0v) is 10.8. The van der Waals surface area contributed by atoms with Crippen molar-refractivity contribution in [1.82, 2.24) is 4.98 Å². The lowest BCUT2D eigenvalue weighted by Crippen LogP contribution is -2.00. The Bertz CT molecular complexity index is 738. The number of aromatic nitrogens is 1. The van der Waals surface area contributed by atoms with Crippen LogP contribution in [0.25, 0.3) is 10.8 Å². The maximum atomic E-state index is 11.2. The summed E-state index contributed by atoms with van der Waals surface area (Å²) in [6, 6.07) is 17.2. The van der Waals surface area contributed by atoms with E-state index in [-0.39, 0.29) is 0 Å². The van der Waals surface area contributed by atoms with Gasteiger partial charge >= 0.3 is 0 Å². The molecule has 0 aliphatic heterocycles. The van der Waals surface area contributed by atoms with Crippen LogP contribution in [0.1, 0.15) is 16.1 Å². The van der Waals surface area contributed by atoms with Crippen molar-refractivity contribution in [3.05, 3.63) is 72.1 Å². The molecule has 1 heterocycles. The summed E-state index contributed by atoms with van der Waals surface area (Å²) in [5, 5.41) is 1.99. The predicted octanol–water partition coefficient (Wildman–Crippen LogP) is 3.63. The Balaban J connectivity index is 1.98. The number of ether oxygens (including phenoxy) is 1. The van der Waals surface area contributed by atoms with Gasteiger partial charge in [-0.1, -0.05) is 36.4 Å². The average molecular weight is 263 g/mol. The average Bonchev–Trinajstić information content (AvgIpc) is 2.53. The van der Waals surface area contributed by atoms with Crippen molar-refractivity contribution in [2.45, 2.75) is 6.61 Å². The van der Waals surface area contributed by atoms with E-state index in [1.807, 2.05) is 48.5 Å². The molecule has 0 saturated heterocycles. The highest BCUT2D eigenvalue weighted by Gasteiger charge is 2.08. The van der Waals surface area contributed by atoms with Gasteiger partial charge in [0.1, 0.15) is 12.4 Å². The largest absolute Gasteiger partial charge is 0.486 e. The fourth-order valence-electron chi connectivity index (χ4n) is 2.14. The number of aldehydes is 1. The minimum atomic E-state index is 0.343. The SMILES string of the molecule is O=Cc1ccc2ccccc2c1OCc1ccccn1. The van der Waals surface area contributed by atoms with Gasteiger partial charge in [0.25, 0.3) is 0 Å². The molecule has 0 N–H and O–H groups in total. The number of carbonyl (C=O) groups excluding carboxylic acids is 1. The molecule has 3 aromatic rings. The van der Waals surface area contributed by atoms with Crippen LogP contribution in [-0.2, 0) is 6.61 Å². The van der Waals surface area contributed by atoms with Gasteiger partial charge in [-0.3, -0.25) is 9.78 Å². The summed E-state index contributed by atoms with van der Waals surface area (Å²) in [4.78, 5) is 15.4. The number of pyridine rings is 1. The third-order valence-corrected chi connectivity index (χ3v) is 3.13. The molecule has 0 atom stereocenters. The highest BCUT2D eigenvalue weighted by molar-refractivity contribution is 5.96. The number of hydrogen-bond donors (Lipinski definition) is 0. The fraction of sp³-hybridized carbons (Fsp3) is 0.0588. The van der Waals surface area contributed by atoms with Gasteiger partial charge in [0.05, 0.1) is 11.3 Å². The van der Waals surface area contributed by atoms with Crippen molar-refractivity contribution in [2.75, 3.05) is 0 Å². The molecule has 3 nitrogen and oxygen atoms in total. The van der Waals surface area contributed by atoms with E-state index in [1.54, 1.807) is 12.3 Å². The van der Waals surface area contributed by atoms with Crippen LogP contribution in [0.5, 0.6) is 5.75 Å². The first-order chi connectivity index (χ1) is 9.88. The van der Waals surface area contributed by atoms with E-state index in [0.29, 0.717) is 17.9 Å². The molecule has 0 aliphatic rings. The summed E-state index contributed by atoms with van der Waals surface area (Å²) in [5.41, 5.74) is 1.39. The number of fused-ring (bicyclic) bond motifs is 1. The van der Waals surface area contributed by atoms with Gasteiger partial charge in [-0.15, -0.1) is 0 Å². The van der Waals surface area contributed by atoms with Crippen molar-refractivity contribution < 1.29 is 9.53 Å². The smallest absolute Gasteiger partial charge is 0.153 e. The number of rotatable bonds is 4. The highest BCUT2D eigenvalue weighted by Crippen LogP contribution is 2.29. The third kappa shape index (κ3) is 2.38. The Labute approximate surface area is 116 Å². The second-order valence-corrected chi connectivity index (χ2v) is 4.43. The molecule has 0 radical (unpaired) electrons. The topological polar surface area (TPSA) is 39.2 Å². The van der Waals surface area contributed by atoms with Gasteiger partial charge in [-0.2, -0.15) is 0 Å². The highest BCUT2D eigenvalue weighted by atomic mass is 16.5. The molecule has 3 rings (SSSR count). The molecule has 0 amide bonds. The molecule has 0 saturated carbocycles. The lowest BCUT2D eigenvalue weighted by molar-refractivity contribution is 0.111. The molecular formula is C17H13NO2. The first kappa shape index (κ1) is 12.4. The fourth-order valence-corrected chi connectivity index (χ4v) is 2.14. The van der Waals surface area contributed by atoms with Gasteiger partial charge in [0.2, 0.25) is 0 Å². The van der Waals surface area contributed by atoms with E-state index < -0.39 is 0 Å². The van der Waals surface area contributed by atoms with Gasteiger partial charge in [0, 0.05) is 11.6 Å². The van der Waals surface area contributed by atoms with Crippen LogP contribution in [0.3, 0.4) is 0 Å². The summed E-state index contributed by atoms with van der Waals surface area (Å²) in [6.07, 6.45) is 2.54. The molecule has 1 aromatic heterocycles. The Morgan fingerprint density at radius 3 is 2.65 bits per heavy atom. The van der Waals surface area contributed by atoms with Crippen LogP contribution in [0.2, 0.25) is 0 Å². The lowest BCUT2D eigenvalue weighted by Gasteiger charge is -2.11. The van der Waals surface area contributed by atoms with E-state index in [2.05, 4.69) is 4.98 Å². The minimum Gasteiger partial charge on any atom is -0.486 e.